The van der Waals surface area contributed by atoms with Crippen molar-refractivity contribution in [3.05, 3.63) is 124 Å². The Morgan fingerprint density at radius 3 is 2.47 bits per heavy atom. The SMILES string of the molecule is COc1c(OCCCNCCc2ccccc2)cccc1C1OC(CC(=O)NCc2ccccc2F)C(=O)N(CC(C)(C)C)c2ccc(Cl)cc21. The molecule has 5 rings (SSSR count). The summed E-state index contributed by atoms with van der Waals surface area (Å²) in [6, 6.07) is 27.5. The van der Waals surface area contributed by atoms with Crippen LogP contribution in [0, 0.1) is 11.2 Å². The number of anilines is 1. The van der Waals surface area contributed by atoms with Gasteiger partial charge in [-0.05, 0) is 67.2 Å². The Bertz CT molecular complexity index is 1780. The van der Waals surface area contributed by atoms with E-state index in [1.165, 1.54) is 11.6 Å². The number of benzene rings is 4. The molecule has 2 amide bonds. The largest absolute Gasteiger partial charge is 0.492 e. The molecule has 0 fully saturated rings. The highest BCUT2D eigenvalue weighted by Crippen LogP contribution is 2.45. The van der Waals surface area contributed by atoms with E-state index in [-0.39, 0.29) is 24.3 Å². The third-order valence-electron chi connectivity index (χ3n) is 8.53. The molecule has 0 aliphatic carbocycles. The number of fused-ring (bicyclic) bond motifs is 1. The topological polar surface area (TPSA) is 89.1 Å². The van der Waals surface area contributed by atoms with Gasteiger partial charge in [0.15, 0.2) is 11.5 Å². The second kappa shape index (κ2) is 17.7. The number of hydrogen-bond acceptors (Lipinski definition) is 6. The van der Waals surface area contributed by atoms with Crippen molar-refractivity contribution in [2.24, 2.45) is 5.41 Å². The normalized spacial score (nSPS) is 16.0. The minimum absolute atomic E-state index is 0.0207. The lowest BCUT2D eigenvalue weighted by atomic mass is 9.94. The highest BCUT2D eigenvalue weighted by atomic mass is 35.5. The minimum atomic E-state index is -1.17. The molecule has 0 saturated heterocycles. The van der Waals surface area contributed by atoms with E-state index in [1.807, 2.05) is 63.2 Å². The van der Waals surface area contributed by atoms with E-state index in [1.54, 1.807) is 42.3 Å². The van der Waals surface area contributed by atoms with Crippen molar-refractivity contribution in [1.82, 2.24) is 10.6 Å². The molecule has 4 aromatic carbocycles. The van der Waals surface area contributed by atoms with Crippen molar-refractivity contribution < 1.29 is 28.2 Å². The van der Waals surface area contributed by atoms with Crippen molar-refractivity contribution >= 4 is 29.1 Å². The Labute approximate surface area is 305 Å². The van der Waals surface area contributed by atoms with Gasteiger partial charge < -0.3 is 29.7 Å². The van der Waals surface area contributed by atoms with Gasteiger partial charge in [-0.25, -0.2) is 4.39 Å². The van der Waals surface area contributed by atoms with Gasteiger partial charge in [0.2, 0.25) is 5.91 Å². The van der Waals surface area contributed by atoms with Gasteiger partial charge in [0, 0.05) is 40.5 Å². The summed E-state index contributed by atoms with van der Waals surface area (Å²) in [6.45, 7) is 8.58. The zero-order valence-electron chi connectivity index (χ0n) is 29.7. The standard InChI is InChI=1S/C41H47ClFN3O5/c1-41(2,3)27-46-34-19-18-30(42)24-32(34)38(51-36(40(46)48)25-37(47)45-26-29-14-8-9-16-33(29)43)31-15-10-17-35(39(31)49-4)50-23-11-21-44-22-20-28-12-6-5-7-13-28/h5-10,12-19,24,36,38,44H,11,20-23,25-27H2,1-4H3,(H,45,47). The van der Waals surface area contributed by atoms with Gasteiger partial charge in [0.1, 0.15) is 18.0 Å². The van der Waals surface area contributed by atoms with Crippen molar-refractivity contribution in [3.8, 4) is 11.5 Å². The summed E-state index contributed by atoms with van der Waals surface area (Å²) in [5.74, 6) is -0.228. The number of amides is 2. The highest BCUT2D eigenvalue weighted by Gasteiger charge is 2.40. The van der Waals surface area contributed by atoms with E-state index in [0.29, 0.717) is 52.1 Å². The molecule has 0 bridgehead atoms. The van der Waals surface area contributed by atoms with Crippen LogP contribution in [0.3, 0.4) is 0 Å². The van der Waals surface area contributed by atoms with Crippen LogP contribution in [0.15, 0.2) is 91.0 Å². The lowest BCUT2D eigenvalue weighted by Crippen LogP contribution is -2.45. The average Bonchev–Trinajstić information content (AvgIpc) is 3.21. The van der Waals surface area contributed by atoms with E-state index in [0.717, 1.165) is 25.9 Å². The second-order valence-corrected chi connectivity index (χ2v) is 14.3. The van der Waals surface area contributed by atoms with E-state index < -0.39 is 23.9 Å². The van der Waals surface area contributed by atoms with Crippen molar-refractivity contribution in [3.63, 3.8) is 0 Å². The maximum absolute atomic E-state index is 14.3. The number of hydrogen-bond donors (Lipinski definition) is 2. The minimum Gasteiger partial charge on any atom is -0.492 e. The molecule has 2 atom stereocenters. The third kappa shape index (κ3) is 10.3. The maximum Gasteiger partial charge on any atom is 0.256 e. The summed E-state index contributed by atoms with van der Waals surface area (Å²) in [4.78, 5) is 29.3. The quantitative estimate of drug-likeness (QED) is 0.123. The Balaban J connectivity index is 1.38. The predicted molar refractivity (Wildman–Crippen MR) is 199 cm³/mol. The Kier molecular flexibility index (Phi) is 13.1. The molecule has 51 heavy (non-hydrogen) atoms. The van der Waals surface area contributed by atoms with E-state index in [4.69, 9.17) is 25.8 Å². The number of nitrogens with one attached hydrogen (secondary N) is 2. The van der Waals surface area contributed by atoms with Gasteiger partial charge in [-0.1, -0.05) is 93.0 Å². The molecule has 4 aromatic rings. The fraction of sp³-hybridized carbons (Fsp3) is 0.366. The third-order valence-corrected chi connectivity index (χ3v) is 8.76. The Morgan fingerprint density at radius 1 is 0.961 bits per heavy atom. The van der Waals surface area contributed by atoms with Crippen LogP contribution >= 0.6 is 11.6 Å². The number of para-hydroxylation sites is 1. The monoisotopic (exact) mass is 715 g/mol. The van der Waals surface area contributed by atoms with Crippen LogP contribution in [-0.4, -0.2) is 51.3 Å². The lowest BCUT2D eigenvalue weighted by molar-refractivity contribution is -0.138. The smallest absolute Gasteiger partial charge is 0.256 e. The highest BCUT2D eigenvalue weighted by molar-refractivity contribution is 6.30. The molecule has 10 heteroatoms. The number of carbonyl (C=O) groups excluding carboxylic acids is 2. The first-order valence-corrected chi connectivity index (χ1v) is 17.7. The molecular formula is C41H47ClFN3O5. The van der Waals surface area contributed by atoms with Gasteiger partial charge >= 0.3 is 0 Å². The average molecular weight is 716 g/mol. The van der Waals surface area contributed by atoms with Crippen molar-refractivity contribution in [1.29, 1.82) is 0 Å². The lowest BCUT2D eigenvalue weighted by Gasteiger charge is -2.31. The summed E-state index contributed by atoms with van der Waals surface area (Å²) < 4.78 is 33.1. The number of carbonyl (C=O) groups is 2. The molecule has 1 aliphatic heterocycles. The fourth-order valence-electron chi connectivity index (χ4n) is 6.11. The van der Waals surface area contributed by atoms with Gasteiger partial charge in [-0.2, -0.15) is 0 Å². The van der Waals surface area contributed by atoms with Crippen LogP contribution in [0.1, 0.15) is 62.0 Å². The van der Waals surface area contributed by atoms with Crippen LogP contribution in [0.2, 0.25) is 5.02 Å². The molecule has 0 saturated carbocycles. The molecule has 0 radical (unpaired) electrons. The van der Waals surface area contributed by atoms with Crippen molar-refractivity contribution in [2.45, 2.75) is 58.8 Å². The summed E-state index contributed by atoms with van der Waals surface area (Å²) >= 11 is 6.58. The zero-order valence-corrected chi connectivity index (χ0v) is 30.5. The predicted octanol–water partition coefficient (Wildman–Crippen LogP) is 7.66. The van der Waals surface area contributed by atoms with E-state index in [9.17, 15) is 14.0 Å². The molecule has 270 valence electrons. The summed E-state index contributed by atoms with van der Waals surface area (Å²) in [5.41, 5.74) is 3.27. The number of rotatable bonds is 15. The van der Waals surface area contributed by atoms with Crippen molar-refractivity contribution in [2.75, 3.05) is 38.3 Å². The zero-order chi connectivity index (χ0) is 36.4. The summed E-state index contributed by atoms with van der Waals surface area (Å²) in [7, 11) is 1.57. The molecule has 1 heterocycles. The second-order valence-electron chi connectivity index (χ2n) is 13.8. The molecule has 2 N–H and O–H groups in total. The van der Waals surface area contributed by atoms with E-state index in [2.05, 4.69) is 22.8 Å². The summed E-state index contributed by atoms with van der Waals surface area (Å²) in [6.07, 6.45) is -0.549. The Morgan fingerprint density at radius 2 is 1.73 bits per heavy atom. The van der Waals surface area contributed by atoms with Crippen LogP contribution in [-0.2, 0) is 27.3 Å². The first-order chi connectivity index (χ1) is 24.5. The molecule has 8 nitrogen and oxygen atoms in total. The first-order valence-electron chi connectivity index (χ1n) is 17.3. The van der Waals surface area contributed by atoms with Gasteiger partial charge in [-0.3, -0.25) is 9.59 Å². The van der Waals surface area contributed by atoms with Crippen LogP contribution in [0.25, 0.3) is 0 Å². The molecular weight excluding hydrogens is 669 g/mol. The Hall–Kier alpha value is -4.44. The number of methoxy groups -OCH3 is 1. The number of halogens is 2. The number of ether oxygens (including phenoxy) is 3. The number of nitrogens with zero attached hydrogens (tertiary/aromatic N) is 1. The summed E-state index contributed by atoms with van der Waals surface area (Å²) in [5, 5.41) is 6.70. The molecule has 1 aliphatic rings. The first kappa shape index (κ1) is 37.8. The van der Waals surface area contributed by atoms with Crippen LogP contribution in [0.4, 0.5) is 10.1 Å². The fourth-order valence-corrected chi connectivity index (χ4v) is 6.29. The van der Waals surface area contributed by atoms with Gasteiger partial charge in [0.05, 0.1) is 20.1 Å². The molecule has 0 aromatic heterocycles. The molecule has 2 unspecified atom stereocenters. The van der Waals surface area contributed by atoms with E-state index >= 15 is 0 Å². The van der Waals surface area contributed by atoms with Crippen LogP contribution < -0.4 is 25.0 Å². The molecule has 0 spiro atoms. The van der Waals surface area contributed by atoms with Gasteiger partial charge in [0.25, 0.3) is 5.91 Å². The van der Waals surface area contributed by atoms with Gasteiger partial charge in [-0.15, -0.1) is 0 Å². The van der Waals surface area contributed by atoms with Crippen LogP contribution in [0.5, 0.6) is 11.5 Å². The maximum atomic E-state index is 14.3.